The summed E-state index contributed by atoms with van der Waals surface area (Å²) in [6.07, 6.45) is 3.66. The van der Waals surface area contributed by atoms with E-state index in [9.17, 15) is 0 Å². The minimum atomic E-state index is 0.0205. The first-order valence-corrected chi connectivity index (χ1v) is 5.18. The van der Waals surface area contributed by atoms with Crippen molar-refractivity contribution < 1.29 is 14.6 Å². The first-order valence-electron chi connectivity index (χ1n) is 5.18. The fourth-order valence-electron chi connectivity index (χ4n) is 1.58. The third kappa shape index (κ3) is 2.91. The Balaban J connectivity index is 1.96. The van der Waals surface area contributed by atoms with E-state index < -0.39 is 0 Å². The van der Waals surface area contributed by atoms with Crippen molar-refractivity contribution in [2.45, 2.75) is 25.6 Å². The molecule has 1 fully saturated rings. The summed E-state index contributed by atoms with van der Waals surface area (Å²) in [4.78, 5) is 4.11. The predicted octanol–water partition coefficient (Wildman–Crippen LogP) is 1.13. The molecule has 1 N–H and O–H groups in total. The monoisotopic (exact) mass is 209 g/mol. The van der Waals surface area contributed by atoms with Gasteiger partial charge in [-0.25, -0.2) is 4.98 Å². The molecule has 2 rings (SSSR count). The maximum atomic E-state index is 8.96. The first kappa shape index (κ1) is 10.4. The van der Waals surface area contributed by atoms with E-state index in [2.05, 4.69) is 4.98 Å². The average molecular weight is 209 g/mol. The highest BCUT2D eigenvalue weighted by Gasteiger charge is 2.15. The number of nitrogens with zero attached hydrogens (tertiary/aromatic N) is 1. The lowest BCUT2D eigenvalue weighted by molar-refractivity contribution is 0.0236. The Bertz CT molecular complexity index is 310. The van der Waals surface area contributed by atoms with Crippen LogP contribution in [0.1, 0.15) is 18.4 Å². The first-order chi connectivity index (χ1) is 7.38. The number of aliphatic hydroxyl groups excluding tert-OH is 1. The van der Waals surface area contributed by atoms with Gasteiger partial charge in [0.25, 0.3) is 0 Å². The fourth-order valence-corrected chi connectivity index (χ4v) is 1.58. The van der Waals surface area contributed by atoms with E-state index in [0.717, 1.165) is 31.6 Å². The van der Waals surface area contributed by atoms with E-state index in [4.69, 9.17) is 14.6 Å². The number of hydrogen-bond acceptors (Lipinski definition) is 4. The second kappa shape index (κ2) is 5.09. The molecule has 0 aliphatic carbocycles. The molecule has 15 heavy (non-hydrogen) atoms. The Morgan fingerprint density at radius 1 is 1.47 bits per heavy atom. The summed E-state index contributed by atoms with van der Waals surface area (Å²) in [6.45, 7) is 1.53. The summed E-state index contributed by atoms with van der Waals surface area (Å²) in [5.74, 6) is 0.591. The molecular formula is C11H15NO3. The second-order valence-corrected chi connectivity index (χ2v) is 3.59. The topological polar surface area (TPSA) is 51.6 Å². The maximum absolute atomic E-state index is 8.96. The van der Waals surface area contributed by atoms with Crippen molar-refractivity contribution >= 4 is 0 Å². The molecular weight excluding hydrogens is 194 g/mol. The number of hydrogen-bond donors (Lipinski definition) is 1. The highest BCUT2D eigenvalue weighted by molar-refractivity contribution is 5.19. The normalized spacial score (nSPS) is 17.7. The van der Waals surface area contributed by atoms with Crippen LogP contribution in [0.25, 0.3) is 0 Å². The molecule has 4 nitrogen and oxygen atoms in total. The summed E-state index contributed by atoms with van der Waals surface area (Å²) in [7, 11) is 0. The average Bonchev–Trinajstić information content (AvgIpc) is 2.31. The van der Waals surface area contributed by atoms with Crippen LogP contribution in [0.15, 0.2) is 18.3 Å². The lowest BCUT2D eigenvalue weighted by Crippen LogP contribution is -2.26. The fraction of sp³-hybridized carbons (Fsp3) is 0.545. The van der Waals surface area contributed by atoms with Crippen LogP contribution in [-0.4, -0.2) is 29.4 Å². The Kier molecular flexibility index (Phi) is 3.53. The molecule has 1 aliphatic heterocycles. The lowest BCUT2D eigenvalue weighted by Gasteiger charge is -2.22. The largest absolute Gasteiger partial charge is 0.474 e. The van der Waals surface area contributed by atoms with Crippen LogP contribution in [0.2, 0.25) is 0 Å². The van der Waals surface area contributed by atoms with Gasteiger partial charge in [0.1, 0.15) is 6.10 Å². The molecule has 0 aromatic carbocycles. The Hall–Kier alpha value is -1.13. The smallest absolute Gasteiger partial charge is 0.213 e. The lowest BCUT2D eigenvalue weighted by atomic mass is 10.1. The Labute approximate surface area is 88.9 Å². The zero-order valence-electron chi connectivity index (χ0n) is 8.56. The van der Waals surface area contributed by atoms with Crippen molar-refractivity contribution in [1.29, 1.82) is 0 Å². The van der Waals surface area contributed by atoms with E-state index in [1.165, 1.54) is 0 Å². The van der Waals surface area contributed by atoms with Crippen molar-refractivity contribution in [2.75, 3.05) is 13.2 Å². The molecule has 0 atom stereocenters. The molecule has 0 amide bonds. The maximum Gasteiger partial charge on any atom is 0.213 e. The second-order valence-electron chi connectivity index (χ2n) is 3.59. The van der Waals surface area contributed by atoms with Gasteiger partial charge in [0.2, 0.25) is 5.88 Å². The van der Waals surface area contributed by atoms with Gasteiger partial charge < -0.3 is 14.6 Å². The van der Waals surface area contributed by atoms with Crippen LogP contribution < -0.4 is 4.74 Å². The highest BCUT2D eigenvalue weighted by atomic mass is 16.5. The Morgan fingerprint density at radius 3 is 3.00 bits per heavy atom. The molecule has 82 valence electrons. The van der Waals surface area contributed by atoms with Gasteiger partial charge in [0.05, 0.1) is 19.8 Å². The third-order valence-corrected chi connectivity index (χ3v) is 2.44. The van der Waals surface area contributed by atoms with Crippen LogP contribution in [0, 0.1) is 0 Å². The zero-order valence-corrected chi connectivity index (χ0v) is 8.56. The number of ether oxygens (including phenoxy) is 2. The van der Waals surface area contributed by atoms with Gasteiger partial charge in [-0.15, -0.1) is 0 Å². The summed E-state index contributed by atoms with van der Waals surface area (Å²) in [5.41, 5.74) is 0.826. The number of aromatic nitrogens is 1. The molecule has 0 spiro atoms. The molecule has 0 radical (unpaired) electrons. The molecule has 4 heteroatoms. The quantitative estimate of drug-likeness (QED) is 0.810. The molecule has 1 saturated heterocycles. The third-order valence-electron chi connectivity index (χ3n) is 2.44. The van der Waals surface area contributed by atoms with E-state index in [1.807, 2.05) is 0 Å². The number of aliphatic hydroxyl groups is 1. The molecule has 1 aromatic heterocycles. The van der Waals surface area contributed by atoms with Crippen LogP contribution >= 0.6 is 0 Å². The SMILES string of the molecule is OCc1ccnc(OC2CCOCC2)c1. The molecule has 1 aromatic rings. The minimum Gasteiger partial charge on any atom is -0.474 e. The van der Waals surface area contributed by atoms with Crippen molar-refractivity contribution in [3.63, 3.8) is 0 Å². The predicted molar refractivity (Wildman–Crippen MR) is 54.6 cm³/mol. The summed E-state index contributed by atoms with van der Waals surface area (Å²) < 4.78 is 10.9. The van der Waals surface area contributed by atoms with Crippen molar-refractivity contribution in [3.05, 3.63) is 23.9 Å². The summed E-state index contributed by atoms with van der Waals surface area (Å²) in [6, 6.07) is 3.55. The van der Waals surface area contributed by atoms with Gasteiger partial charge in [-0.1, -0.05) is 0 Å². The van der Waals surface area contributed by atoms with E-state index in [1.54, 1.807) is 18.3 Å². The van der Waals surface area contributed by atoms with E-state index >= 15 is 0 Å². The molecule has 1 aliphatic rings. The van der Waals surface area contributed by atoms with Crippen LogP contribution in [0.5, 0.6) is 5.88 Å². The van der Waals surface area contributed by atoms with Gasteiger partial charge >= 0.3 is 0 Å². The van der Waals surface area contributed by atoms with Gasteiger partial charge in [0.15, 0.2) is 0 Å². The van der Waals surface area contributed by atoms with Gasteiger partial charge in [0, 0.05) is 25.1 Å². The van der Waals surface area contributed by atoms with Crippen LogP contribution in [-0.2, 0) is 11.3 Å². The molecule has 0 saturated carbocycles. The van der Waals surface area contributed by atoms with Crippen LogP contribution in [0.3, 0.4) is 0 Å². The van der Waals surface area contributed by atoms with Gasteiger partial charge in [-0.05, 0) is 11.6 Å². The van der Waals surface area contributed by atoms with Gasteiger partial charge in [-0.2, -0.15) is 0 Å². The zero-order chi connectivity index (χ0) is 10.5. The molecule has 0 bridgehead atoms. The van der Waals surface area contributed by atoms with E-state index in [0.29, 0.717) is 5.88 Å². The molecule has 2 heterocycles. The van der Waals surface area contributed by atoms with E-state index in [-0.39, 0.29) is 12.7 Å². The summed E-state index contributed by atoms with van der Waals surface area (Å²) >= 11 is 0. The van der Waals surface area contributed by atoms with Crippen molar-refractivity contribution in [2.24, 2.45) is 0 Å². The summed E-state index contributed by atoms with van der Waals surface area (Å²) in [5, 5.41) is 8.96. The van der Waals surface area contributed by atoms with Gasteiger partial charge in [-0.3, -0.25) is 0 Å². The minimum absolute atomic E-state index is 0.0205. The highest BCUT2D eigenvalue weighted by Crippen LogP contribution is 2.16. The van der Waals surface area contributed by atoms with Crippen LogP contribution in [0.4, 0.5) is 0 Å². The molecule has 0 unspecified atom stereocenters. The van der Waals surface area contributed by atoms with Crippen molar-refractivity contribution in [1.82, 2.24) is 4.98 Å². The number of rotatable bonds is 3. The number of pyridine rings is 1. The Morgan fingerprint density at radius 2 is 2.27 bits per heavy atom. The van der Waals surface area contributed by atoms with Crippen molar-refractivity contribution in [3.8, 4) is 5.88 Å². The standard InChI is InChI=1S/C11H15NO3/c13-8-9-1-4-12-11(7-9)15-10-2-5-14-6-3-10/h1,4,7,10,13H,2-3,5-6,8H2.